The lowest BCUT2D eigenvalue weighted by Gasteiger charge is -2.09. The fourth-order valence-corrected chi connectivity index (χ4v) is 3.98. The number of nitrogens with zero attached hydrogens (tertiary/aromatic N) is 1. The van der Waals surface area contributed by atoms with Crippen molar-refractivity contribution in [3.05, 3.63) is 95.9 Å². The average molecular weight is 431 g/mol. The number of carbonyl (C=O) groups is 1. The summed E-state index contributed by atoms with van der Waals surface area (Å²) in [7, 11) is 1.57. The van der Waals surface area contributed by atoms with Crippen molar-refractivity contribution in [2.45, 2.75) is 17.6 Å². The summed E-state index contributed by atoms with van der Waals surface area (Å²) in [6, 6.07) is 24.7. The molecule has 0 fully saturated rings. The van der Waals surface area contributed by atoms with E-state index in [9.17, 15) is 4.79 Å². The second-order valence-corrected chi connectivity index (χ2v) is 7.90. The van der Waals surface area contributed by atoms with Crippen molar-refractivity contribution < 1.29 is 13.9 Å². The number of hydrogen-bond acceptors (Lipinski definition) is 5. The van der Waals surface area contributed by atoms with Crippen molar-refractivity contribution in [3.8, 4) is 17.2 Å². The molecule has 0 radical (unpaired) electrons. The summed E-state index contributed by atoms with van der Waals surface area (Å²) in [6.07, 6.45) is 0. The standard InChI is InChI=1S/C25H22N2O3S/c1-17-22(16-31-20-8-4-3-5-9-20)27-25(30-17)19-14-12-18(13-15-19)24(28)26-21-10-6-7-11-23(21)29-2/h3-15H,16H2,1-2H3,(H,26,28). The van der Waals surface area contributed by atoms with E-state index in [1.54, 1.807) is 43.1 Å². The number of ether oxygens (including phenoxy) is 1. The normalized spacial score (nSPS) is 10.6. The Morgan fingerprint density at radius 3 is 2.45 bits per heavy atom. The molecule has 5 nitrogen and oxygen atoms in total. The van der Waals surface area contributed by atoms with Gasteiger partial charge in [0.15, 0.2) is 0 Å². The van der Waals surface area contributed by atoms with E-state index < -0.39 is 0 Å². The fraction of sp³-hybridized carbons (Fsp3) is 0.120. The molecule has 1 amide bonds. The van der Waals surface area contributed by atoms with Crippen molar-refractivity contribution in [3.63, 3.8) is 0 Å². The predicted octanol–water partition coefficient (Wildman–Crippen LogP) is 6.20. The molecule has 0 saturated heterocycles. The fourth-order valence-electron chi connectivity index (χ4n) is 3.06. The van der Waals surface area contributed by atoms with Crippen LogP contribution in [0.1, 0.15) is 21.8 Å². The molecule has 1 aromatic heterocycles. The molecule has 4 rings (SSSR count). The van der Waals surface area contributed by atoms with Crippen molar-refractivity contribution in [1.82, 2.24) is 4.98 Å². The van der Waals surface area contributed by atoms with Gasteiger partial charge in [-0.3, -0.25) is 4.79 Å². The number of benzene rings is 3. The third-order valence-corrected chi connectivity index (χ3v) is 5.78. The summed E-state index contributed by atoms with van der Waals surface area (Å²) in [5.74, 6) is 2.50. The van der Waals surface area contributed by atoms with Crippen molar-refractivity contribution in [1.29, 1.82) is 0 Å². The Hall–Kier alpha value is -3.51. The number of aryl methyl sites for hydroxylation is 1. The molecular weight excluding hydrogens is 408 g/mol. The van der Waals surface area contributed by atoms with E-state index in [0.29, 0.717) is 22.9 Å². The summed E-state index contributed by atoms with van der Waals surface area (Å²) in [4.78, 5) is 18.4. The van der Waals surface area contributed by atoms with Crippen LogP contribution in [0.4, 0.5) is 5.69 Å². The van der Waals surface area contributed by atoms with Crippen LogP contribution in [0.2, 0.25) is 0 Å². The van der Waals surface area contributed by atoms with Gasteiger partial charge in [0.25, 0.3) is 5.91 Å². The predicted molar refractivity (Wildman–Crippen MR) is 124 cm³/mol. The molecule has 0 saturated carbocycles. The van der Waals surface area contributed by atoms with Gasteiger partial charge >= 0.3 is 0 Å². The lowest BCUT2D eigenvalue weighted by atomic mass is 10.1. The summed E-state index contributed by atoms with van der Waals surface area (Å²) in [5.41, 5.74) is 2.91. The highest BCUT2D eigenvalue weighted by Gasteiger charge is 2.14. The number of rotatable bonds is 7. The van der Waals surface area contributed by atoms with E-state index in [1.807, 2.05) is 49.4 Å². The van der Waals surface area contributed by atoms with Gasteiger partial charge < -0.3 is 14.5 Å². The van der Waals surface area contributed by atoms with E-state index in [-0.39, 0.29) is 5.91 Å². The first-order valence-electron chi connectivity index (χ1n) is 9.83. The van der Waals surface area contributed by atoms with Gasteiger partial charge in [0, 0.05) is 21.8 Å². The van der Waals surface area contributed by atoms with Gasteiger partial charge in [0.05, 0.1) is 18.5 Å². The summed E-state index contributed by atoms with van der Waals surface area (Å²) < 4.78 is 11.2. The first kappa shape index (κ1) is 20.8. The first-order chi connectivity index (χ1) is 15.1. The molecule has 4 aromatic rings. The zero-order valence-corrected chi connectivity index (χ0v) is 18.1. The van der Waals surface area contributed by atoms with Crippen molar-refractivity contribution in [2.24, 2.45) is 0 Å². The molecule has 1 heterocycles. The molecule has 0 aliphatic rings. The summed E-state index contributed by atoms with van der Waals surface area (Å²) in [6.45, 7) is 1.92. The van der Waals surface area contributed by atoms with Gasteiger partial charge in [-0.15, -0.1) is 11.8 Å². The number of nitrogens with one attached hydrogen (secondary N) is 1. The number of thioether (sulfide) groups is 1. The number of carbonyl (C=O) groups excluding carboxylic acids is 1. The lowest BCUT2D eigenvalue weighted by Crippen LogP contribution is -2.12. The number of amides is 1. The highest BCUT2D eigenvalue weighted by atomic mass is 32.2. The van der Waals surface area contributed by atoms with E-state index in [0.717, 1.165) is 22.8 Å². The number of aromatic nitrogens is 1. The number of anilines is 1. The Labute approximate surface area is 185 Å². The minimum atomic E-state index is -0.209. The van der Waals surface area contributed by atoms with Crippen LogP contribution < -0.4 is 10.1 Å². The molecular formula is C25H22N2O3S. The molecule has 0 unspecified atom stereocenters. The summed E-state index contributed by atoms with van der Waals surface area (Å²) >= 11 is 1.72. The molecule has 0 bridgehead atoms. The largest absolute Gasteiger partial charge is 0.495 e. The van der Waals surface area contributed by atoms with Crippen LogP contribution in [0.3, 0.4) is 0 Å². The number of hydrogen-bond donors (Lipinski definition) is 1. The highest BCUT2D eigenvalue weighted by molar-refractivity contribution is 7.98. The van der Waals surface area contributed by atoms with Crippen LogP contribution >= 0.6 is 11.8 Å². The third-order valence-electron chi connectivity index (χ3n) is 4.76. The Morgan fingerprint density at radius 2 is 1.71 bits per heavy atom. The Morgan fingerprint density at radius 1 is 1.00 bits per heavy atom. The molecule has 156 valence electrons. The molecule has 1 N–H and O–H groups in total. The van der Waals surface area contributed by atoms with Crippen molar-refractivity contribution >= 4 is 23.4 Å². The zero-order valence-electron chi connectivity index (χ0n) is 17.3. The summed E-state index contributed by atoms with van der Waals surface area (Å²) in [5, 5.41) is 2.88. The molecule has 0 atom stereocenters. The Kier molecular flexibility index (Phi) is 6.38. The first-order valence-corrected chi connectivity index (χ1v) is 10.8. The van der Waals surface area contributed by atoms with Gasteiger partial charge in [-0.2, -0.15) is 0 Å². The molecule has 6 heteroatoms. The van der Waals surface area contributed by atoms with Gasteiger partial charge in [0.2, 0.25) is 5.89 Å². The lowest BCUT2D eigenvalue weighted by molar-refractivity contribution is 0.102. The zero-order chi connectivity index (χ0) is 21.6. The minimum absolute atomic E-state index is 0.209. The van der Waals surface area contributed by atoms with E-state index in [4.69, 9.17) is 9.15 Å². The molecule has 31 heavy (non-hydrogen) atoms. The van der Waals surface area contributed by atoms with E-state index in [1.165, 1.54) is 4.90 Å². The Balaban J connectivity index is 1.45. The maximum Gasteiger partial charge on any atom is 0.255 e. The van der Waals surface area contributed by atoms with Crippen LogP contribution in [-0.2, 0) is 5.75 Å². The van der Waals surface area contributed by atoms with E-state index >= 15 is 0 Å². The highest BCUT2D eigenvalue weighted by Crippen LogP contribution is 2.28. The van der Waals surface area contributed by atoms with Crippen LogP contribution in [-0.4, -0.2) is 18.0 Å². The average Bonchev–Trinajstić information content (AvgIpc) is 3.19. The number of methoxy groups -OCH3 is 1. The van der Waals surface area contributed by atoms with Crippen LogP contribution in [0, 0.1) is 6.92 Å². The quantitative estimate of drug-likeness (QED) is 0.354. The molecule has 0 aliphatic carbocycles. The van der Waals surface area contributed by atoms with Crippen molar-refractivity contribution in [2.75, 3.05) is 12.4 Å². The smallest absolute Gasteiger partial charge is 0.255 e. The topological polar surface area (TPSA) is 64.4 Å². The van der Waals surface area contributed by atoms with Crippen LogP contribution in [0.25, 0.3) is 11.5 Å². The number of oxazole rings is 1. The SMILES string of the molecule is COc1ccccc1NC(=O)c1ccc(-c2nc(CSc3ccccc3)c(C)o2)cc1. The second-order valence-electron chi connectivity index (χ2n) is 6.86. The van der Waals surface area contributed by atoms with Crippen LogP contribution in [0.5, 0.6) is 5.75 Å². The maximum absolute atomic E-state index is 12.6. The Bertz CT molecular complexity index is 1170. The molecule has 0 aliphatic heterocycles. The van der Waals surface area contributed by atoms with E-state index in [2.05, 4.69) is 22.4 Å². The monoisotopic (exact) mass is 430 g/mol. The minimum Gasteiger partial charge on any atom is -0.495 e. The van der Waals surface area contributed by atoms with Gasteiger partial charge in [-0.25, -0.2) is 4.98 Å². The molecule has 0 spiro atoms. The third kappa shape index (κ3) is 4.98. The van der Waals surface area contributed by atoms with Gasteiger partial charge in [-0.05, 0) is 55.5 Å². The molecule has 3 aromatic carbocycles. The second kappa shape index (κ2) is 9.53. The maximum atomic E-state index is 12.6. The van der Waals surface area contributed by atoms with Gasteiger partial charge in [0.1, 0.15) is 11.5 Å². The van der Waals surface area contributed by atoms with Crippen LogP contribution in [0.15, 0.2) is 88.2 Å². The van der Waals surface area contributed by atoms with Gasteiger partial charge in [-0.1, -0.05) is 30.3 Å². The number of para-hydroxylation sites is 2.